The third kappa shape index (κ3) is 6.62. The summed E-state index contributed by atoms with van der Waals surface area (Å²) in [7, 11) is -3.81. The quantitative estimate of drug-likeness (QED) is 0.201. The molecule has 3 N–H and O–H groups in total. The van der Waals surface area contributed by atoms with Gasteiger partial charge in [0, 0.05) is 22.2 Å². The number of sulfone groups is 1. The molecule has 0 radical (unpaired) electrons. The molecule has 0 aliphatic rings. The van der Waals surface area contributed by atoms with Gasteiger partial charge in [-0.15, -0.1) is 0 Å². The van der Waals surface area contributed by atoms with Gasteiger partial charge in [0.2, 0.25) is 9.84 Å². The maximum atomic E-state index is 13.2. The molecule has 0 saturated carbocycles. The summed E-state index contributed by atoms with van der Waals surface area (Å²) in [5.74, 6) is -1.06. The highest BCUT2D eigenvalue weighted by Crippen LogP contribution is 2.32. The maximum Gasteiger partial charge on any atom is 0.335 e. The summed E-state index contributed by atoms with van der Waals surface area (Å²) in [6.07, 6.45) is -0.0287. The van der Waals surface area contributed by atoms with E-state index >= 15 is 0 Å². The fourth-order valence-electron chi connectivity index (χ4n) is 3.99. The monoisotopic (exact) mass is 569 g/mol. The average molecular weight is 570 g/mol. The standard InChI is InChI=1S/C29H25Cl2NO5S/c30-23-6-2-4-21(16-23)28(33)18-32-14-13-19-7-9-24(10-8-19)38(36,37)25-11-12-26(27(31)17-25)20-3-1-5-22(15-20)29(34)35/h1-12,15-17,28,32-33H,13-14,18H2,(H,34,35)/t28-/m0/s1. The van der Waals surface area contributed by atoms with Crippen LogP contribution in [0.1, 0.15) is 27.6 Å². The first kappa shape index (κ1) is 27.8. The van der Waals surface area contributed by atoms with Crippen molar-refractivity contribution in [2.45, 2.75) is 22.3 Å². The third-order valence-corrected chi connectivity index (χ3v) is 8.38. The fraction of sp³-hybridized carbons (Fsp3) is 0.138. The second-order valence-corrected chi connectivity index (χ2v) is 11.5. The Labute approximate surface area is 231 Å². The highest BCUT2D eigenvalue weighted by atomic mass is 35.5. The Balaban J connectivity index is 1.39. The Morgan fingerprint density at radius 2 is 1.58 bits per heavy atom. The van der Waals surface area contributed by atoms with Crippen molar-refractivity contribution in [2.24, 2.45) is 0 Å². The summed E-state index contributed by atoms with van der Waals surface area (Å²) in [6.45, 7) is 0.966. The van der Waals surface area contributed by atoms with Crippen LogP contribution in [0.5, 0.6) is 0 Å². The Bertz CT molecular complexity index is 1560. The van der Waals surface area contributed by atoms with Gasteiger partial charge in [-0.3, -0.25) is 0 Å². The van der Waals surface area contributed by atoms with Crippen molar-refractivity contribution >= 4 is 39.0 Å². The van der Waals surface area contributed by atoms with E-state index in [9.17, 15) is 23.4 Å². The molecule has 0 saturated heterocycles. The lowest BCUT2D eigenvalue weighted by Crippen LogP contribution is -2.23. The van der Waals surface area contributed by atoms with Gasteiger partial charge in [-0.1, -0.05) is 65.7 Å². The van der Waals surface area contributed by atoms with E-state index in [0.717, 1.165) is 11.1 Å². The number of hydrogen-bond donors (Lipinski definition) is 3. The van der Waals surface area contributed by atoms with Crippen LogP contribution in [-0.2, 0) is 16.3 Å². The van der Waals surface area contributed by atoms with Crippen LogP contribution in [0, 0.1) is 0 Å². The van der Waals surface area contributed by atoms with Crippen molar-refractivity contribution in [3.63, 3.8) is 0 Å². The summed E-state index contributed by atoms with van der Waals surface area (Å²) in [5.41, 5.74) is 2.92. The van der Waals surface area contributed by atoms with E-state index in [1.54, 1.807) is 60.7 Å². The Morgan fingerprint density at radius 1 is 0.868 bits per heavy atom. The van der Waals surface area contributed by atoms with Crippen molar-refractivity contribution in [3.05, 3.63) is 118 Å². The number of hydrogen-bond acceptors (Lipinski definition) is 5. The minimum Gasteiger partial charge on any atom is -0.478 e. The molecule has 0 aliphatic heterocycles. The van der Waals surface area contributed by atoms with E-state index in [2.05, 4.69) is 5.32 Å². The fourth-order valence-corrected chi connectivity index (χ4v) is 5.83. The van der Waals surface area contributed by atoms with Gasteiger partial charge in [0.15, 0.2) is 0 Å². The summed E-state index contributed by atoms with van der Waals surface area (Å²) in [6, 6.07) is 24.4. The van der Waals surface area contributed by atoms with Crippen molar-refractivity contribution in [3.8, 4) is 11.1 Å². The number of rotatable bonds is 10. The van der Waals surface area contributed by atoms with Crippen LogP contribution in [0.3, 0.4) is 0 Å². The summed E-state index contributed by atoms with van der Waals surface area (Å²) < 4.78 is 26.4. The van der Waals surface area contributed by atoms with Gasteiger partial charge in [-0.2, -0.15) is 0 Å². The SMILES string of the molecule is O=C(O)c1cccc(-c2ccc(S(=O)(=O)c3ccc(CCNC[C@H](O)c4cccc(Cl)c4)cc3)cc2Cl)c1. The molecule has 0 unspecified atom stereocenters. The van der Waals surface area contributed by atoms with Crippen LogP contribution in [-0.4, -0.2) is 37.7 Å². The van der Waals surface area contributed by atoms with Crippen LogP contribution in [0.15, 0.2) is 101 Å². The second kappa shape index (κ2) is 12.1. The van der Waals surface area contributed by atoms with E-state index in [-0.39, 0.29) is 20.4 Å². The number of halogens is 2. The number of carboxylic acids is 1. The number of nitrogens with one attached hydrogen (secondary N) is 1. The van der Waals surface area contributed by atoms with Crippen LogP contribution < -0.4 is 5.32 Å². The molecule has 0 aliphatic carbocycles. The second-order valence-electron chi connectivity index (χ2n) is 8.70. The molecule has 196 valence electrons. The predicted octanol–water partition coefficient (Wildman–Crippen LogP) is 6.06. The number of aliphatic hydroxyl groups is 1. The lowest BCUT2D eigenvalue weighted by Gasteiger charge is -2.13. The maximum absolute atomic E-state index is 13.2. The van der Waals surface area contributed by atoms with Crippen molar-refractivity contribution in [1.29, 1.82) is 0 Å². The first-order valence-corrected chi connectivity index (χ1v) is 14.0. The molecule has 38 heavy (non-hydrogen) atoms. The molecule has 0 aromatic heterocycles. The molecule has 6 nitrogen and oxygen atoms in total. The molecule has 0 bridgehead atoms. The zero-order valence-corrected chi connectivity index (χ0v) is 22.5. The predicted molar refractivity (Wildman–Crippen MR) is 149 cm³/mol. The zero-order chi connectivity index (χ0) is 27.3. The van der Waals surface area contributed by atoms with Crippen molar-refractivity contribution in [1.82, 2.24) is 5.32 Å². The third-order valence-electron chi connectivity index (χ3n) is 6.07. The van der Waals surface area contributed by atoms with Crippen molar-refractivity contribution < 1.29 is 23.4 Å². The minimum absolute atomic E-state index is 0.0464. The number of benzene rings is 4. The lowest BCUT2D eigenvalue weighted by molar-refractivity contribution is 0.0697. The van der Waals surface area contributed by atoms with Gasteiger partial charge in [-0.05, 0) is 78.2 Å². The first-order chi connectivity index (χ1) is 18.1. The zero-order valence-electron chi connectivity index (χ0n) is 20.1. The number of carboxylic acid groups (broad SMARTS) is 1. The summed E-state index contributed by atoms with van der Waals surface area (Å²) >= 11 is 12.4. The van der Waals surface area contributed by atoms with Gasteiger partial charge in [0.25, 0.3) is 0 Å². The Kier molecular flexibility index (Phi) is 8.87. The molecular weight excluding hydrogens is 545 g/mol. The minimum atomic E-state index is -3.81. The van der Waals surface area contributed by atoms with Crippen molar-refractivity contribution in [2.75, 3.05) is 13.1 Å². The van der Waals surface area contributed by atoms with Gasteiger partial charge >= 0.3 is 5.97 Å². The van der Waals surface area contributed by atoms with Gasteiger partial charge in [-0.25, -0.2) is 13.2 Å². The molecule has 1 atom stereocenters. The smallest absolute Gasteiger partial charge is 0.335 e. The molecule has 0 spiro atoms. The van der Waals surface area contributed by atoms with Gasteiger partial charge in [0.1, 0.15) is 0 Å². The molecule has 4 aromatic rings. The van der Waals surface area contributed by atoms with Gasteiger partial charge < -0.3 is 15.5 Å². The Morgan fingerprint density at radius 3 is 2.26 bits per heavy atom. The van der Waals surface area contributed by atoms with Gasteiger partial charge in [0.05, 0.1) is 21.5 Å². The molecule has 0 heterocycles. The van der Waals surface area contributed by atoms with E-state index in [4.69, 9.17) is 23.2 Å². The summed E-state index contributed by atoms with van der Waals surface area (Å²) in [4.78, 5) is 11.5. The molecule has 4 rings (SSSR count). The van der Waals surface area contributed by atoms with Crippen LogP contribution in [0.2, 0.25) is 10.0 Å². The Hall–Kier alpha value is -3.20. The molecule has 9 heteroatoms. The van der Waals surface area contributed by atoms with Crippen LogP contribution >= 0.6 is 23.2 Å². The largest absolute Gasteiger partial charge is 0.478 e. The van der Waals surface area contributed by atoms with E-state index < -0.39 is 21.9 Å². The van der Waals surface area contributed by atoms with E-state index in [1.807, 2.05) is 6.07 Å². The summed E-state index contributed by atoms with van der Waals surface area (Å²) in [5, 5.41) is 23.5. The molecule has 4 aromatic carbocycles. The van der Waals surface area contributed by atoms with E-state index in [0.29, 0.717) is 35.7 Å². The highest BCUT2D eigenvalue weighted by Gasteiger charge is 2.19. The van der Waals surface area contributed by atoms with E-state index in [1.165, 1.54) is 24.3 Å². The number of carbonyl (C=O) groups is 1. The molecular formula is C29H25Cl2NO5S. The topological polar surface area (TPSA) is 104 Å². The van der Waals surface area contributed by atoms with Crippen LogP contribution in [0.25, 0.3) is 11.1 Å². The highest BCUT2D eigenvalue weighted by molar-refractivity contribution is 7.91. The molecule has 0 fully saturated rings. The average Bonchev–Trinajstić information content (AvgIpc) is 2.91. The lowest BCUT2D eigenvalue weighted by atomic mass is 10.0. The first-order valence-electron chi connectivity index (χ1n) is 11.8. The number of aliphatic hydroxyl groups excluding tert-OH is 1. The molecule has 0 amide bonds. The van der Waals surface area contributed by atoms with Crippen LogP contribution in [0.4, 0.5) is 0 Å². The number of aromatic carboxylic acids is 1. The normalized spacial score (nSPS) is 12.3.